The fourth-order valence-corrected chi connectivity index (χ4v) is 4.07. The average Bonchev–Trinajstić information content (AvgIpc) is 2.51. The van der Waals surface area contributed by atoms with Crippen LogP contribution < -0.4 is 11.1 Å². The Morgan fingerprint density at radius 2 is 2.17 bits per heavy atom. The minimum atomic E-state index is -0.285. The summed E-state index contributed by atoms with van der Waals surface area (Å²) >= 11 is 5.96. The van der Waals surface area contributed by atoms with Gasteiger partial charge in [-0.1, -0.05) is 18.0 Å². The van der Waals surface area contributed by atoms with Crippen molar-refractivity contribution in [3.8, 4) is 5.75 Å². The number of fused-ring (bicyclic) bond motifs is 1. The summed E-state index contributed by atoms with van der Waals surface area (Å²) in [4.78, 5) is 15.0. The average molecular weight is 338 g/mol. The largest absolute Gasteiger partial charge is 0.507 e. The van der Waals surface area contributed by atoms with Gasteiger partial charge in [0, 0.05) is 30.7 Å². The number of phenolic OH excluding ortho intramolecular Hbond substituents is 1. The predicted octanol–water partition coefficient (Wildman–Crippen LogP) is 2.76. The highest BCUT2D eigenvalue weighted by Gasteiger charge is 2.34. The zero-order valence-corrected chi connectivity index (χ0v) is 14.1. The van der Waals surface area contributed by atoms with Crippen molar-refractivity contribution in [1.82, 2.24) is 10.2 Å². The monoisotopic (exact) mass is 337 g/mol. The van der Waals surface area contributed by atoms with E-state index in [-0.39, 0.29) is 34.0 Å². The van der Waals surface area contributed by atoms with Crippen LogP contribution in [-0.2, 0) is 0 Å². The molecule has 1 amide bonds. The van der Waals surface area contributed by atoms with E-state index < -0.39 is 0 Å². The van der Waals surface area contributed by atoms with Crippen LogP contribution in [0.5, 0.6) is 5.75 Å². The maximum atomic E-state index is 12.4. The first-order valence-corrected chi connectivity index (χ1v) is 8.68. The molecule has 126 valence electrons. The number of rotatable bonds is 2. The van der Waals surface area contributed by atoms with Gasteiger partial charge in [-0.2, -0.15) is 0 Å². The fraction of sp³-hybridized carbons (Fsp3) is 0.588. The number of hydrogen-bond acceptors (Lipinski definition) is 4. The van der Waals surface area contributed by atoms with Gasteiger partial charge in [0.25, 0.3) is 5.91 Å². The van der Waals surface area contributed by atoms with Crippen molar-refractivity contribution in [2.45, 2.75) is 57.2 Å². The Kier molecular flexibility index (Phi) is 4.69. The van der Waals surface area contributed by atoms with Crippen LogP contribution in [0.1, 0.15) is 49.4 Å². The molecule has 2 saturated heterocycles. The van der Waals surface area contributed by atoms with Crippen molar-refractivity contribution in [3.63, 3.8) is 0 Å². The number of anilines is 1. The first-order valence-electron chi connectivity index (χ1n) is 8.30. The number of nitrogen functional groups attached to an aromatic ring is 1. The number of halogens is 1. The molecule has 23 heavy (non-hydrogen) atoms. The lowest BCUT2D eigenvalue weighted by Crippen LogP contribution is -2.54. The molecule has 0 spiro atoms. The Labute approximate surface area is 141 Å². The molecule has 3 atom stereocenters. The molecule has 4 N–H and O–H groups in total. The number of carbonyl (C=O) groups is 1. The van der Waals surface area contributed by atoms with Crippen molar-refractivity contribution < 1.29 is 9.90 Å². The molecular formula is C17H24ClN3O2. The number of aromatic hydroxyl groups is 1. The van der Waals surface area contributed by atoms with Crippen LogP contribution in [0.4, 0.5) is 5.69 Å². The zero-order valence-electron chi connectivity index (χ0n) is 13.4. The lowest BCUT2D eigenvalue weighted by Gasteiger charge is -2.46. The molecule has 1 aromatic carbocycles. The number of nitrogens with one attached hydrogen (secondary N) is 1. The number of hydrogen-bond donors (Lipinski definition) is 3. The summed E-state index contributed by atoms with van der Waals surface area (Å²) in [6, 6.07) is 4.10. The van der Waals surface area contributed by atoms with Crippen molar-refractivity contribution in [3.05, 3.63) is 22.7 Å². The molecule has 0 radical (unpaired) electrons. The molecule has 0 unspecified atom stereocenters. The highest BCUT2D eigenvalue weighted by Crippen LogP contribution is 2.31. The number of nitrogens with two attached hydrogens (primary N) is 1. The molecule has 0 saturated carbocycles. The lowest BCUT2D eigenvalue weighted by atomic mass is 9.87. The van der Waals surface area contributed by atoms with E-state index in [1.807, 2.05) is 0 Å². The number of nitrogens with zero attached hydrogens (tertiary/aromatic N) is 1. The van der Waals surface area contributed by atoms with Gasteiger partial charge >= 0.3 is 0 Å². The number of piperidine rings is 2. The maximum absolute atomic E-state index is 12.4. The van der Waals surface area contributed by atoms with Gasteiger partial charge in [-0.05, 0) is 38.7 Å². The molecule has 2 fully saturated rings. The van der Waals surface area contributed by atoms with E-state index in [1.54, 1.807) is 0 Å². The standard InChI is InChI=1S/C17H24ClN3O2/c1-10-3-2-4-12-7-11(5-6-21(10)12)20-17(23)13-8-14(18)15(19)9-16(13)22/h8-12,22H,2-7,19H2,1H3,(H,20,23)/t10-,11+,12-/m0/s1. The number of phenols is 1. The van der Waals surface area contributed by atoms with Crippen LogP contribution in [0.2, 0.25) is 5.02 Å². The van der Waals surface area contributed by atoms with Crippen LogP contribution in [-0.4, -0.2) is 40.6 Å². The van der Waals surface area contributed by atoms with E-state index in [0.29, 0.717) is 12.1 Å². The van der Waals surface area contributed by atoms with Gasteiger partial charge in [0.1, 0.15) is 5.75 Å². The number of carbonyl (C=O) groups excluding carboxylic acids is 1. The third kappa shape index (κ3) is 3.40. The Morgan fingerprint density at radius 3 is 2.96 bits per heavy atom. The Morgan fingerprint density at radius 1 is 1.39 bits per heavy atom. The van der Waals surface area contributed by atoms with Crippen molar-refractivity contribution in [2.75, 3.05) is 12.3 Å². The lowest BCUT2D eigenvalue weighted by molar-refractivity contribution is 0.0457. The van der Waals surface area contributed by atoms with Crippen molar-refractivity contribution in [1.29, 1.82) is 0 Å². The van der Waals surface area contributed by atoms with Gasteiger partial charge in [0.2, 0.25) is 0 Å². The molecule has 2 aliphatic heterocycles. The van der Waals surface area contributed by atoms with Crippen LogP contribution in [0, 0.1) is 0 Å². The minimum absolute atomic E-state index is 0.131. The van der Waals surface area contributed by atoms with Gasteiger partial charge in [0.05, 0.1) is 16.3 Å². The molecule has 2 heterocycles. The van der Waals surface area contributed by atoms with Crippen LogP contribution in [0.15, 0.2) is 12.1 Å². The van der Waals surface area contributed by atoms with Gasteiger partial charge in [-0.15, -0.1) is 0 Å². The summed E-state index contributed by atoms with van der Waals surface area (Å²) in [5.74, 6) is -0.417. The van der Waals surface area contributed by atoms with Gasteiger partial charge in [-0.3, -0.25) is 9.69 Å². The second kappa shape index (κ2) is 6.57. The van der Waals surface area contributed by atoms with Gasteiger partial charge < -0.3 is 16.2 Å². The van der Waals surface area contributed by atoms with E-state index in [0.717, 1.165) is 19.4 Å². The maximum Gasteiger partial charge on any atom is 0.255 e. The third-order valence-corrected chi connectivity index (χ3v) is 5.51. The Balaban J connectivity index is 1.66. The number of benzene rings is 1. The van der Waals surface area contributed by atoms with Gasteiger partial charge in [0.15, 0.2) is 0 Å². The molecule has 1 aromatic rings. The van der Waals surface area contributed by atoms with Gasteiger partial charge in [-0.25, -0.2) is 0 Å². The second-order valence-electron chi connectivity index (χ2n) is 6.76. The first-order chi connectivity index (χ1) is 11.0. The topological polar surface area (TPSA) is 78.6 Å². The third-order valence-electron chi connectivity index (χ3n) is 5.18. The molecular weight excluding hydrogens is 314 g/mol. The summed E-state index contributed by atoms with van der Waals surface area (Å²) in [5, 5.41) is 13.3. The van der Waals surface area contributed by atoms with E-state index in [1.165, 1.54) is 31.4 Å². The summed E-state index contributed by atoms with van der Waals surface area (Å²) in [6.07, 6.45) is 5.65. The minimum Gasteiger partial charge on any atom is -0.507 e. The fourth-order valence-electron chi connectivity index (χ4n) is 3.90. The molecule has 0 aromatic heterocycles. The highest BCUT2D eigenvalue weighted by molar-refractivity contribution is 6.33. The molecule has 0 bridgehead atoms. The predicted molar refractivity (Wildman–Crippen MR) is 91.8 cm³/mol. The SMILES string of the molecule is C[C@H]1CCC[C@H]2C[C@H](NC(=O)c3cc(Cl)c(N)cc3O)CCN21. The molecule has 5 nitrogen and oxygen atoms in total. The van der Waals surface area contributed by atoms with Crippen LogP contribution in [0.25, 0.3) is 0 Å². The zero-order chi connectivity index (χ0) is 16.6. The van der Waals surface area contributed by atoms with E-state index >= 15 is 0 Å². The quantitative estimate of drug-likeness (QED) is 0.725. The smallest absolute Gasteiger partial charge is 0.255 e. The molecule has 2 aliphatic rings. The van der Waals surface area contributed by atoms with E-state index in [2.05, 4.69) is 17.1 Å². The Bertz CT molecular complexity index is 608. The second-order valence-corrected chi connectivity index (χ2v) is 7.16. The molecule has 3 rings (SSSR count). The van der Waals surface area contributed by atoms with E-state index in [4.69, 9.17) is 17.3 Å². The first kappa shape index (κ1) is 16.4. The van der Waals surface area contributed by atoms with Crippen molar-refractivity contribution in [2.24, 2.45) is 0 Å². The molecule has 6 heteroatoms. The summed E-state index contributed by atoms with van der Waals surface area (Å²) in [7, 11) is 0. The Hall–Kier alpha value is -1.46. The summed E-state index contributed by atoms with van der Waals surface area (Å²) in [5.41, 5.74) is 6.08. The normalized spacial score (nSPS) is 28.2. The summed E-state index contributed by atoms with van der Waals surface area (Å²) in [6.45, 7) is 3.31. The molecule has 0 aliphatic carbocycles. The summed E-state index contributed by atoms with van der Waals surface area (Å²) < 4.78 is 0. The highest BCUT2D eigenvalue weighted by atomic mass is 35.5. The van der Waals surface area contributed by atoms with E-state index in [9.17, 15) is 9.90 Å². The van der Waals surface area contributed by atoms with Crippen molar-refractivity contribution >= 4 is 23.2 Å². The van der Waals surface area contributed by atoms with Crippen LogP contribution in [0.3, 0.4) is 0 Å². The van der Waals surface area contributed by atoms with Crippen LogP contribution >= 0.6 is 11.6 Å². The number of amides is 1.